The Morgan fingerprint density at radius 1 is 1.00 bits per heavy atom. The van der Waals surface area contributed by atoms with Gasteiger partial charge >= 0.3 is 0 Å². The highest BCUT2D eigenvalue weighted by Crippen LogP contribution is 2.37. The maximum Gasteiger partial charge on any atom is 0.193 e. The van der Waals surface area contributed by atoms with Gasteiger partial charge in [0.15, 0.2) is 5.78 Å². The summed E-state index contributed by atoms with van der Waals surface area (Å²) in [6, 6.07) is 17.0. The SMILES string of the molecule is CN1CCC(N2CCN(C(c3ccccc3C(=O)c3ccc4cc[nH]c4c3)C3CO3)CC2)CC1. The van der Waals surface area contributed by atoms with Crippen molar-refractivity contribution in [2.45, 2.75) is 31.0 Å². The molecule has 3 aliphatic heterocycles. The Balaban J connectivity index is 1.22. The second-order valence-electron chi connectivity index (χ2n) is 10.1. The second kappa shape index (κ2) is 9.27. The van der Waals surface area contributed by atoms with E-state index in [2.05, 4.69) is 38.9 Å². The summed E-state index contributed by atoms with van der Waals surface area (Å²) in [6.07, 6.45) is 4.63. The molecule has 0 spiro atoms. The molecule has 34 heavy (non-hydrogen) atoms. The Hall–Kier alpha value is -2.51. The van der Waals surface area contributed by atoms with Crippen LogP contribution in [0.25, 0.3) is 10.9 Å². The summed E-state index contributed by atoms with van der Waals surface area (Å²) >= 11 is 0. The molecule has 178 valence electrons. The van der Waals surface area contributed by atoms with Gasteiger partial charge in [0.05, 0.1) is 12.6 Å². The van der Waals surface area contributed by atoms with Gasteiger partial charge in [-0.2, -0.15) is 0 Å². The number of nitrogens with one attached hydrogen (secondary N) is 1. The number of benzene rings is 2. The number of piperazine rings is 1. The molecule has 4 heterocycles. The van der Waals surface area contributed by atoms with Crippen LogP contribution >= 0.6 is 0 Å². The van der Waals surface area contributed by atoms with Crippen LogP contribution in [0.4, 0.5) is 0 Å². The molecule has 0 bridgehead atoms. The van der Waals surface area contributed by atoms with Crippen LogP contribution in [0.15, 0.2) is 54.7 Å². The number of carbonyl (C=O) groups excluding carboxylic acids is 1. The van der Waals surface area contributed by atoms with Crippen LogP contribution in [0.3, 0.4) is 0 Å². The summed E-state index contributed by atoms with van der Waals surface area (Å²) in [7, 11) is 2.23. The van der Waals surface area contributed by atoms with Crippen molar-refractivity contribution in [2.24, 2.45) is 0 Å². The van der Waals surface area contributed by atoms with Gasteiger partial charge in [-0.3, -0.25) is 14.6 Å². The molecule has 1 aromatic heterocycles. The zero-order valence-corrected chi connectivity index (χ0v) is 20.0. The molecule has 1 N–H and O–H groups in total. The Morgan fingerprint density at radius 3 is 2.53 bits per heavy atom. The third-order valence-electron chi connectivity index (χ3n) is 8.00. The molecule has 3 saturated heterocycles. The first-order valence-corrected chi connectivity index (χ1v) is 12.7. The van der Waals surface area contributed by atoms with Crippen LogP contribution in [-0.2, 0) is 4.74 Å². The first-order valence-electron chi connectivity index (χ1n) is 12.7. The van der Waals surface area contributed by atoms with Crippen LogP contribution < -0.4 is 0 Å². The standard InChI is InChI=1S/C28H34N4O2/c1-30-12-9-22(10-13-30)31-14-16-32(17-15-31)27(26-19-34-26)23-4-2-3-5-24(23)28(33)21-7-6-20-8-11-29-25(20)18-21/h2-8,11,18,22,26-27,29H,9-10,12-17,19H2,1H3. The number of ketones is 1. The quantitative estimate of drug-likeness (QED) is 0.452. The van der Waals surface area contributed by atoms with Crippen molar-refractivity contribution >= 4 is 16.7 Å². The normalized spacial score (nSPS) is 23.9. The second-order valence-corrected chi connectivity index (χ2v) is 10.1. The van der Waals surface area contributed by atoms with E-state index in [1.807, 2.05) is 42.6 Å². The summed E-state index contributed by atoms with van der Waals surface area (Å²) in [5, 5.41) is 1.12. The van der Waals surface area contributed by atoms with E-state index in [0.717, 1.165) is 60.4 Å². The van der Waals surface area contributed by atoms with E-state index in [4.69, 9.17) is 4.74 Å². The van der Waals surface area contributed by atoms with Gasteiger partial charge in [0.2, 0.25) is 0 Å². The van der Waals surface area contributed by atoms with E-state index >= 15 is 0 Å². The molecule has 2 unspecified atom stereocenters. The number of hydrogen-bond acceptors (Lipinski definition) is 5. The number of rotatable bonds is 6. The van der Waals surface area contributed by atoms with E-state index in [1.165, 1.54) is 25.9 Å². The fourth-order valence-corrected chi connectivity index (χ4v) is 5.92. The Labute approximate surface area is 201 Å². The number of nitrogens with zero attached hydrogens (tertiary/aromatic N) is 3. The lowest BCUT2D eigenvalue weighted by Gasteiger charge is -2.44. The number of ether oxygens (including phenoxy) is 1. The highest BCUT2D eigenvalue weighted by atomic mass is 16.6. The molecular formula is C28H34N4O2. The lowest BCUT2D eigenvalue weighted by atomic mass is 9.91. The molecule has 0 radical (unpaired) electrons. The number of carbonyl (C=O) groups is 1. The van der Waals surface area contributed by atoms with Gasteiger partial charge < -0.3 is 14.6 Å². The summed E-state index contributed by atoms with van der Waals surface area (Å²) in [4.78, 5) is 24.6. The average Bonchev–Trinajstić information content (AvgIpc) is 3.60. The van der Waals surface area contributed by atoms with Gasteiger partial charge in [0.25, 0.3) is 0 Å². The largest absolute Gasteiger partial charge is 0.371 e. The van der Waals surface area contributed by atoms with Crippen LogP contribution in [-0.4, -0.2) is 90.5 Å². The topological polar surface area (TPSA) is 55.1 Å². The van der Waals surface area contributed by atoms with Gasteiger partial charge in [-0.25, -0.2) is 0 Å². The lowest BCUT2D eigenvalue weighted by molar-refractivity contribution is 0.0392. The third kappa shape index (κ3) is 4.31. The first-order chi connectivity index (χ1) is 16.7. The molecule has 3 aromatic rings. The van der Waals surface area contributed by atoms with Gasteiger partial charge in [0, 0.05) is 55.1 Å². The van der Waals surface area contributed by atoms with Crippen molar-refractivity contribution in [1.29, 1.82) is 0 Å². The number of aromatic nitrogens is 1. The minimum absolute atomic E-state index is 0.0858. The summed E-state index contributed by atoms with van der Waals surface area (Å²) in [5.41, 5.74) is 3.63. The summed E-state index contributed by atoms with van der Waals surface area (Å²) in [6.45, 7) is 7.41. The smallest absolute Gasteiger partial charge is 0.193 e. The van der Waals surface area contributed by atoms with Gasteiger partial charge in [-0.1, -0.05) is 36.4 Å². The number of piperidine rings is 1. The number of fused-ring (bicyclic) bond motifs is 1. The fraction of sp³-hybridized carbons (Fsp3) is 0.464. The van der Waals surface area contributed by atoms with Crippen molar-refractivity contribution in [1.82, 2.24) is 19.7 Å². The number of aromatic amines is 1. The lowest BCUT2D eigenvalue weighted by Crippen LogP contribution is -2.54. The van der Waals surface area contributed by atoms with Crippen molar-refractivity contribution in [3.63, 3.8) is 0 Å². The summed E-state index contributed by atoms with van der Waals surface area (Å²) in [5.74, 6) is 0.0858. The molecule has 2 aromatic carbocycles. The van der Waals surface area contributed by atoms with Crippen LogP contribution in [0.2, 0.25) is 0 Å². The predicted molar refractivity (Wildman–Crippen MR) is 134 cm³/mol. The summed E-state index contributed by atoms with van der Waals surface area (Å²) < 4.78 is 5.84. The molecule has 0 aliphatic carbocycles. The minimum atomic E-state index is 0.0858. The van der Waals surface area contributed by atoms with E-state index in [0.29, 0.717) is 6.04 Å². The Kier molecular flexibility index (Phi) is 5.99. The van der Waals surface area contributed by atoms with Gasteiger partial charge in [0.1, 0.15) is 6.10 Å². The molecule has 0 amide bonds. The van der Waals surface area contributed by atoms with E-state index in [-0.39, 0.29) is 17.9 Å². The van der Waals surface area contributed by atoms with Crippen LogP contribution in [0, 0.1) is 0 Å². The first kappa shape index (κ1) is 22.0. The monoisotopic (exact) mass is 458 g/mol. The van der Waals surface area contributed by atoms with Crippen molar-refractivity contribution in [3.8, 4) is 0 Å². The average molecular weight is 459 g/mol. The highest BCUT2D eigenvalue weighted by molar-refractivity contribution is 6.11. The maximum absolute atomic E-state index is 13.7. The molecule has 6 rings (SSSR count). The zero-order chi connectivity index (χ0) is 23.1. The van der Waals surface area contributed by atoms with Crippen molar-refractivity contribution in [3.05, 3.63) is 71.4 Å². The number of likely N-dealkylation sites (tertiary alicyclic amines) is 1. The zero-order valence-electron chi connectivity index (χ0n) is 20.0. The fourth-order valence-electron chi connectivity index (χ4n) is 5.92. The van der Waals surface area contributed by atoms with Crippen LogP contribution in [0.5, 0.6) is 0 Å². The van der Waals surface area contributed by atoms with Crippen molar-refractivity contribution < 1.29 is 9.53 Å². The Morgan fingerprint density at radius 2 is 1.76 bits per heavy atom. The van der Waals surface area contributed by atoms with E-state index in [9.17, 15) is 4.79 Å². The Bertz CT molecular complexity index is 1150. The van der Waals surface area contributed by atoms with E-state index in [1.54, 1.807) is 0 Å². The highest BCUT2D eigenvalue weighted by Gasteiger charge is 2.41. The number of hydrogen-bond donors (Lipinski definition) is 1. The molecule has 3 fully saturated rings. The van der Waals surface area contributed by atoms with Crippen molar-refractivity contribution in [2.75, 3.05) is 52.9 Å². The molecule has 0 saturated carbocycles. The minimum Gasteiger partial charge on any atom is -0.371 e. The maximum atomic E-state index is 13.7. The number of H-pyrrole nitrogens is 1. The molecule has 6 heteroatoms. The molecule has 2 atom stereocenters. The number of epoxide rings is 1. The third-order valence-corrected chi connectivity index (χ3v) is 8.00. The predicted octanol–water partition coefficient (Wildman–Crippen LogP) is 3.55. The van der Waals surface area contributed by atoms with Gasteiger partial charge in [-0.05, 0) is 56.1 Å². The molecular weight excluding hydrogens is 424 g/mol. The van der Waals surface area contributed by atoms with Crippen LogP contribution in [0.1, 0.15) is 40.4 Å². The van der Waals surface area contributed by atoms with E-state index < -0.39 is 0 Å². The molecule has 6 nitrogen and oxygen atoms in total. The van der Waals surface area contributed by atoms with Gasteiger partial charge in [-0.15, -0.1) is 0 Å². The molecule has 3 aliphatic rings.